The zero-order valence-electron chi connectivity index (χ0n) is 7.80. The van der Waals surface area contributed by atoms with E-state index in [1.807, 2.05) is 13.8 Å². The molecule has 0 aromatic rings. The molecule has 1 unspecified atom stereocenters. The first-order valence-electron chi connectivity index (χ1n) is 4.29. The van der Waals surface area contributed by atoms with Crippen molar-refractivity contribution in [2.45, 2.75) is 45.6 Å². The first-order valence-corrected chi connectivity index (χ1v) is 4.29. The van der Waals surface area contributed by atoms with Gasteiger partial charge in [0.25, 0.3) is 0 Å². The molecule has 2 nitrogen and oxygen atoms in total. The smallest absolute Gasteiger partial charge is 0.0591 e. The lowest BCUT2D eigenvalue weighted by Gasteiger charge is -2.19. The van der Waals surface area contributed by atoms with Crippen molar-refractivity contribution in [2.75, 3.05) is 6.61 Å². The van der Waals surface area contributed by atoms with E-state index in [1.165, 1.54) is 0 Å². The zero-order valence-corrected chi connectivity index (χ0v) is 7.80. The predicted octanol–water partition coefficient (Wildman–Crippen LogP) is 1.56. The van der Waals surface area contributed by atoms with Crippen LogP contribution in [0, 0.1) is 5.92 Å². The maximum absolute atomic E-state index is 9.37. The lowest BCUT2D eigenvalue weighted by molar-refractivity contribution is 0.0628. The van der Waals surface area contributed by atoms with Crippen molar-refractivity contribution in [1.29, 1.82) is 0 Å². The minimum Gasteiger partial charge on any atom is -0.396 e. The summed E-state index contributed by atoms with van der Waals surface area (Å²) < 4.78 is 0. The van der Waals surface area contributed by atoms with Gasteiger partial charge in [-0.3, -0.25) is 0 Å². The van der Waals surface area contributed by atoms with E-state index in [1.54, 1.807) is 0 Å². The topological polar surface area (TPSA) is 40.5 Å². The van der Waals surface area contributed by atoms with Gasteiger partial charge in [0.05, 0.1) is 5.60 Å². The molecular formula is C9H20O2. The molecule has 0 aromatic heterocycles. The van der Waals surface area contributed by atoms with Gasteiger partial charge in [-0.15, -0.1) is 0 Å². The van der Waals surface area contributed by atoms with Crippen LogP contribution in [0.5, 0.6) is 0 Å². The third-order valence-corrected chi connectivity index (χ3v) is 1.87. The molecule has 0 bridgehead atoms. The first-order chi connectivity index (χ1) is 4.95. The molecule has 0 rings (SSSR count). The Balaban J connectivity index is 3.38. The number of rotatable bonds is 5. The Bertz CT molecular complexity index is 94.2. The van der Waals surface area contributed by atoms with Crippen LogP contribution in [-0.2, 0) is 0 Å². The fourth-order valence-electron chi connectivity index (χ4n) is 0.964. The van der Waals surface area contributed by atoms with E-state index in [0.29, 0.717) is 5.92 Å². The van der Waals surface area contributed by atoms with Crippen LogP contribution in [0.3, 0.4) is 0 Å². The average molecular weight is 160 g/mol. The molecule has 0 radical (unpaired) electrons. The maximum Gasteiger partial charge on any atom is 0.0591 e. The van der Waals surface area contributed by atoms with E-state index in [4.69, 9.17) is 5.11 Å². The Kier molecular flexibility index (Phi) is 4.69. The quantitative estimate of drug-likeness (QED) is 0.640. The van der Waals surface area contributed by atoms with Gasteiger partial charge < -0.3 is 10.2 Å². The Morgan fingerprint density at radius 2 is 1.82 bits per heavy atom. The molecule has 0 aromatic carbocycles. The second-order valence-corrected chi connectivity index (χ2v) is 3.97. The number of hydrogen-bond donors (Lipinski definition) is 2. The molecule has 0 aliphatic heterocycles. The molecule has 68 valence electrons. The van der Waals surface area contributed by atoms with Crippen LogP contribution in [0.25, 0.3) is 0 Å². The zero-order chi connectivity index (χ0) is 8.91. The van der Waals surface area contributed by atoms with Crippen molar-refractivity contribution in [3.8, 4) is 0 Å². The second-order valence-electron chi connectivity index (χ2n) is 3.97. The molecule has 0 heterocycles. The van der Waals surface area contributed by atoms with Gasteiger partial charge in [-0.1, -0.05) is 6.92 Å². The summed E-state index contributed by atoms with van der Waals surface area (Å²) >= 11 is 0. The van der Waals surface area contributed by atoms with Gasteiger partial charge in [0.15, 0.2) is 0 Å². The molecule has 0 aliphatic carbocycles. The molecule has 2 N–H and O–H groups in total. The molecule has 11 heavy (non-hydrogen) atoms. The van der Waals surface area contributed by atoms with E-state index in [2.05, 4.69) is 6.92 Å². The Labute approximate surface area is 69.2 Å². The summed E-state index contributed by atoms with van der Waals surface area (Å²) in [5, 5.41) is 18.0. The highest BCUT2D eigenvalue weighted by Crippen LogP contribution is 2.17. The van der Waals surface area contributed by atoms with Crippen molar-refractivity contribution in [3.05, 3.63) is 0 Å². The standard InChI is InChI=1S/C9H20O2/c1-8(5-7-10)4-6-9(2,3)11/h8,10-11H,4-7H2,1-3H3. The summed E-state index contributed by atoms with van der Waals surface area (Å²) in [4.78, 5) is 0. The molecular weight excluding hydrogens is 140 g/mol. The van der Waals surface area contributed by atoms with Crippen molar-refractivity contribution >= 4 is 0 Å². The highest BCUT2D eigenvalue weighted by molar-refractivity contribution is 4.66. The van der Waals surface area contributed by atoms with E-state index >= 15 is 0 Å². The lowest BCUT2D eigenvalue weighted by Crippen LogP contribution is -2.19. The van der Waals surface area contributed by atoms with Crippen LogP contribution >= 0.6 is 0 Å². The van der Waals surface area contributed by atoms with Crippen LogP contribution in [-0.4, -0.2) is 22.4 Å². The minimum absolute atomic E-state index is 0.257. The molecule has 2 heteroatoms. The van der Waals surface area contributed by atoms with Gasteiger partial charge in [-0.2, -0.15) is 0 Å². The second kappa shape index (κ2) is 4.73. The van der Waals surface area contributed by atoms with Crippen LogP contribution in [0.4, 0.5) is 0 Å². The molecule has 0 amide bonds. The van der Waals surface area contributed by atoms with Gasteiger partial charge >= 0.3 is 0 Å². The normalized spacial score (nSPS) is 15.0. The van der Waals surface area contributed by atoms with Crippen molar-refractivity contribution in [3.63, 3.8) is 0 Å². The van der Waals surface area contributed by atoms with Gasteiger partial charge in [0.1, 0.15) is 0 Å². The summed E-state index contributed by atoms with van der Waals surface area (Å²) in [6, 6.07) is 0. The molecule has 1 atom stereocenters. The first kappa shape index (κ1) is 10.9. The Morgan fingerprint density at radius 1 is 1.27 bits per heavy atom. The predicted molar refractivity (Wildman–Crippen MR) is 46.4 cm³/mol. The largest absolute Gasteiger partial charge is 0.396 e. The highest BCUT2D eigenvalue weighted by atomic mass is 16.3. The van der Waals surface area contributed by atoms with Gasteiger partial charge in [-0.25, -0.2) is 0 Å². The van der Waals surface area contributed by atoms with Crippen molar-refractivity contribution in [1.82, 2.24) is 0 Å². The fourth-order valence-corrected chi connectivity index (χ4v) is 0.964. The van der Waals surface area contributed by atoms with Gasteiger partial charge in [0.2, 0.25) is 0 Å². The van der Waals surface area contributed by atoms with E-state index in [0.717, 1.165) is 19.3 Å². The van der Waals surface area contributed by atoms with Gasteiger partial charge in [0, 0.05) is 6.61 Å². The van der Waals surface area contributed by atoms with Crippen LogP contribution < -0.4 is 0 Å². The molecule has 0 spiro atoms. The van der Waals surface area contributed by atoms with E-state index < -0.39 is 5.60 Å². The number of aliphatic hydroxyl groups is 2. The van der Waals surface area contributed by atoms with Crippen LogP contribution in [0.15, 0.2) is 0 Å². The monoisotopic (exact) mass is 160 g/mol. The van der Waals surface area contributed by atoms with Crippen molar-refractivity contribution in [2.24, 2.45) is 5.92 Å². The lowest BCUT2D eigenvalue weighted by atomic mass is 9.94. The molecule has 0 aliphatic rings. The van der Waals surface area contributed by atoms with Crippen LogP contribution in [0.2, 0.25) is 0 Å². The molecule has 0 fully saturated rings. The third-order valence-electron chi connectivity index (χ3n) is 1.87. The minimum atomic E-state index is -0.552. The van der Waals surface area contributed by atoms with Crippen LogP contribution in [0.1, 0.15) is 40.0 Å². The van der Waals surface area contributed by atoms with Gasteiger partial charge in [-0.05, 0) is 39.0 Å². The maximum atomic E-state index is 9.37. The fraction of sp³-hybridized carbons (Fsp3) is 1.00. The third kappa shape index (κ3) is 7.82. The highest BCUT2D eigenvalue weighted by Gasteiger charge is 2.13. The van der Waals surface area contributed by atoms with Crippen molar-refractivity contribution < 1.29 is 10.2 Å². The van der Waals surface area contributed by atoms with E-state index in [-0.39, 0.29) is 6.61 Å². The average Bonchev–Trinajstić information content (AvgIpc) is 1.83. The summed E-state index contributed by atoms with van der Waals surface area (Å²) in [6.45, 7) is 5.99. The Hall–Kier alpha value is -0.0800. The summed E-state index contributed by atoms with van der Waals surface area (Å²) in [5.74, 6) is 0.520. The van der Waals surface area contributed by atoms with E-state index in [9.17, 15) is 5.11 Å². The number of hydrogen-bond acceptors (Lipinski definition) is 2. The molecule has 0 saturated heterocycles. The number of aliphatic hydroxyl groups excluding tert-OH is 1. The SMILES string of the molecule is CC(CCO)CCC(C)(C)O. The summed E-state index contributed by atoms with van der Waals surface area (Å²) in [5.41, 5.74) is -0.552. The summed E-state index contributed by atoms with van der Waals surface area (Å²) in [6.07, 6.45) is 2.65. The molecule has 0 saturated carbocycles. The Morgan fingerprint density at radius 3 is 2.18 bits per heavy atom. The summed E-state index contributed by atoms with van der Waals surface area (Å²) in [7, 11) is 0.